The molecule has 1 aliphatic rings. The summed E-state index contributed by atoms with van der Waals surface area (Å²) in [4.78, 5) is 29.6. The molecule has 0 bridgehead atoms. The highest BCUT2D eigenvalue weighted by molar-refractivity contribution is 6.15. The molecule has 0 fully saturated rings. The van der Waals surface area contributed by atoms with Crippen molar-refractivity contribution in [2.75, 3.05) is 41.4 Å². The van der Waals surface area contributed by atoms with Gasteiger partial charge in [0.15, 0.2) is 11.5 Å². The Kier molecular flexibility index (Phi) is 6.47. The first kappa shape index (κ1) is 21.4. The van der Waals surface area contributed by atoms with Crippen LogP contribution in [0.1, 0.15) is 28.6 Å². The summed E-state index contributed by atoms with van der Waals surface area (Å²) in [5.74, 6) is -0.619. The molecule has 1 amide bonds. The Labute approximate surface area is 175 Å². The van der Waals surface area contributed by atoms with E-state index in [4.69, 9.17) is 13.9 Å². The average molecular weight is 414 g/mol. The number of aliphatic hydroxyl groups excluding tert-OH is 1. The lowest BCUT2D eigenvalue weighted by Gasteiger charge is -2.28. The van der Waals surface area contributed by atoms with Crippen LogP contribution in [0, 0.1) is 0 Å². The van der Waals surface area contributed by atoms with Gasteiger partial charge in [0.2, 0.25) is 5.78 Å². The molecule has 0 saturated heterocycles. The number of methoxy groups -OCH3 is 2. The van der Waals surface area contributed by atoms with Crippen LogP contribution in [0.5, 0.6) is 11.5 Å². The van der Waals surface area contributed by atoms with Crippen LogP contribution < -0.4 is 9.47 Å². The molecule has 160 valence electrons. The number of benzene rings is 1. The minimum absolute atomic E-state index is 0.0248. The van der Waals surface area contributed by atoms with E-state index >= 15 is 0 Å². The predicted molar refractivity (Wildman–Crippen MR) is 110 cm³/mol. The van der Waals surface area contributed by atoms with Crippen LogP contribution in [0.3, 0.4) is 0 Å². The lowest BCUT2D eigenvalue weighted by atomic mass is 9.94. The number of carbonyl (C=O) groups excluding carboxylic acids is 2. The number of rotatable bonds is 9. The monoisotopic (exact) mass is 414 g/mol. The smallest absolute Gasteiger partial charge is 0.290 e. The van der Waals surface area contributed by atoms with Gasteiger partial charge < -0.3 is 28.8 Å². The van der Waals surface area contributed by atoms with Crippen molar-refractivity contribution in [2.45, 2.75) is 12.5 Å². The molecule has 1 aromatic heterocycles. The molecule has 8 heteroatoms. The van der Waals surface area contributed by atoms with Gasteiger partial charge in [-0.15, -0.1) is 0 Å². The zero-order valence-electron chi connectivity index (χ0n) is 17.5. The number of furan rings is 1. The summed E-state index contributed by atoms with van der Waals surface area (Å²) < 4.78 is 16.0. The van der Waals surface area contributed by atoms with Gasteiger partial charge in [-0.05, 0) is 51.3 Å². The van der Waals surface area contributed by atoms with E-state index in [1.807, 2.05) is 19.0 Å². The SMILES string of the molecule is COc1ccc([C@H]2C(C(=O)c3ccco3)=C(O)C(=O)N2CCCN(C)C)c(OC)c1. The van der Waals surface area contributed by atoms with Crippen LogP contribution in [0.25, 0.3) is 0 Å². The van der Waals surface area contributed by atoms with Crippen molar-refractivity contribution in [2.24, 2.45) is 0 Å². The molecule has 1 N–H and O–H groups in total. The Morgan fingerprint density at radius 1 is 1.23 bits per heavy atom. The van der Waals surface area contributed by atoms with Gasteiger partial charge in [0.25, 0.3) is 5.91 Å². The van der Waals surface area contributed by atoms with Gasteiger partial charge in [0.1, 0.15) is 11.5 Å². The third kappa shape index (κ3) is 4.04. The maximum absolute atomic E-state index is 13.1. The van der Waals surface area contributed by atoms with Crippen LogP contribution in [0.4, 0.5) is 0 Å². The molecule has 0 unspecified atom stereocenters. The predicted octanol–water partition coefficient (Wildman–Crippen LogP) is 2.83. The van der Waals surface area contributed by atoms with E-state index in [9.17, 15) is 14.7 Å². The summed E-state index contributed by atoms with van der Waals surface area (Å²) in [6.07, 6.45) is 2.04. The number of hydrogen-bond acceptors (Lipinski definition) is 7. The highest BCUT2D eigenvalue weighted by atomic mass is 16.5. The minimum Gasteiger partial charge on any atom is -0.503 e. The van der Waals surface area contributed by atoms with E-state index in [2.05, 4.69) is 0 Å². The fourth-order valence-electron chi connectivity index (χ4n) is 3.58. The lowest BCUT2D eigenvalue weighted by molar-refractivity contribution is -0.129. The Balaban J connectivity index is 2.08. The Bertz CT molecular complexity index is 949. The first-order chi connectivity index (χ1) is 14.4. The van der Waals surface area contributed by atoms with Crippen molar-refractivity contribution in [3.8, 4) is 11.5 Å². The fourth-order valence-corrected chi connectivity index (χ4v) is 3.58. The second-order valence-corrected chi connectivity index (χ2v) is 7.23. The van der Waals surface area contributed by atoms with E-state index in [1.165, 1.54) is 24.3 Å². The second kappa shape index (κ2) is 9.04. The third-order valence-corrected chi connectivity index (χ3v) is 5.03. The van der Waals surface area contributed by atoms with Gasteiger partial charge in [-0.3, -0.25) is 9.59 Å². The van der Waals surface area contributed by atoms with E-state index < -0.39 is 23.5 Å². The van der Waals surface area contributed by atoms with Crippen molar-refractivity contribution in [3.63, 3.8) is 0 Å². The normalized spacial score (nSPS) is 16.5. The topological polar surface area (TPSA) is 92.5 Å². The summed E-state index contributed by atoms with van der Waals surface area (Å²) in [5.41, 5.74) is 0.554. The first-order valence-electron chi connectivity index (χ1n) is 9.58. The molecule has 30 heavy (non-hydrogen) atoms. The maximum atomic E-state index is 13.1. The molecule has 3 rings (SSSR count). The average Bonchev–Trinajstić information content (AvgIpc) is 3.35. The van der Waals surface area contributed by atoms with E-state index in [0.717, 1.165) is 6.54 Å². The summed E-state index contributed by atoms with van der Waals surface area (Å²) in [5, 5.41) is 10.7. The minimum atomic E-state index is -0.807. The highest BCUT2D eigenvalue weighted by Gasteiger charge is 2.45. The first-order valence-corrected chi connectivity index (χ1v) is 9.58. The molecule has 1 atom stereocenters. The number of amides is 1. The van der Waals surface area contributed by atoms with E-state index in [1.54, 1.807) is 31.4 Å². The van der Waals surface area contributed by atoms with Crippen molar-refractivity contribution < 1.29 is 28.6 Å². The van der Waals surface area contributed by atoms with Crippen LogP contribution >= 0.6 is 0 Å². The fraction of sp³-hybridized carbons (Fsp3) is 0.364. The molecule has 0 saturated carbocycles. The van der Waals surface area contributed by atoms with Gasteiger partial charge in [-0.1, -0.05) is 0 Å². The summed E-state index contributed by atoms with van der Waals surface area (Å²) in [6, 6.07) is 7.43. The van der Waals surface area contributed by atoms with Crippen molar-refractivity contribution in [1.29, 1.82) is 0 Å². The molecule has 8 nitrogen and oxygen atoms in total. The third-order valence-electron chi connectivity index (χ3n) is 5.03. The van der Waals surface area contributed by atoms with Crippen LogP contribution in [-0.2, 0) is 4.79 Å². The molecular weight excluding hydrogens is 388 g/mol. The lowest BCUT2D eigenvalue weighted by Crippen LogP contribution is -2.33. The van der Waals surface area contributed by atoms with Crippen molar-refractivity contribution in [3.05, 3.63) is 59.3 Å². The number of nitrogens with zero attached hydrogens (tertiary/aromatic N) is 2. The second-order valence-electron chi connectivity index (χ2n) is 7.23. The molecule has 0 spiro atoms. The number of Topliss-reactive ketones (excluding diaryl/α,β-unsaturated/α-hetero) is 1. The van der Waals surface area contributed by atoms with E-state index in [0.29, 0.717) is 30.0 Å². The number of hydrogen-bond donors (Lipinski definition) is 1. The quantitative estimate of drug-likeness (QED) is 0.631. The molecule has 2 heterocycles. The number of aliphatic hydroxyl groups is 1. The Hall–Kier alpha value is -3.26. The Morgan fingerprint density at radius 2 is 2.00 bits per heavy atom. The van der Waals surface area contributed by atoms with Gasteiger partial charge in [-0.25, -0.2) is 0 Å². The summed E-state index contributed by atoms with van der Waals surface area (Å²) in [7, 11) is 6.93. The van der Waals surface area contributed by atoms with Crippen LogP contribution in [-0.4, -0.2) is 68.0 Å². The van der Waals surface area contributed by atoms with Gasteiger partial charge in [0, 0.05) is 18.2 Å². The summed E-state index contributed by atoms with van der Waals surface area (Å²) in [6.45, 7) is 1.11. The summed E-state index contributed by atoms with van der Waals surface area (Å²) >= 11 is 0. The zero-order valence-corrected chi connectivity index (χ0v) is 17.5. The van der Waals surface area contributed by atoms with Gasteiger partial charge >= 0.3 is 0 Å². The molecule has 1 aromatic carbocycles. The highest BCUT2D eigenvalue weighted by Crippen LogP contribution is 2.43. The molecule has 2 aromatic rings. The maximum Gasteiger partial charge on any atom is 0.290 e. The standard InChI is InChI=1S/C22H26N2O6/c1-23(2)10-6-11-24-19(15-9-8-14(28-3)13-17(15)29-4)18(21(26)22(24)27)20(25)16-7-5-12-30-16/h5,7-9,12-13,19,26H,6,10-11H2,1-4H3/t19-/m0/s1. The Morgan fingerprint density at radius 3 is 2.60 bits per heavy atom. The largest absolute Gasteiger partial charge is 0.503 e. The zero-order chi connectivity index (χ0) is 21.8. The van der Waals surface area contributed by atoms with Gasteiger partial charge in [0.05, 0.1) is 32.1 Å². The number of ketones is 1. The van der Waals surface area contributed by atoms with Crippen molar-refractivity contribution in [1.82, 2.24) is 9.80 Å². The van der Waals surface area contributed by atoms with Crippen molar-refractivity contribution >= 4 is 11.7 Å². The van der Waals surface area contributed by atoms with Gasteiger partial charge in [-0.2, -0.15) is 0 Å². The molecule has 0 radical (unpaired) electrons. The number of carbonyl (C=O) groups is 2. The molecule has 1 aliphatic heterocycles. The molecular formula is C22H26N2O6. The van der Waals surface area contributed by atoms with E-state index in [-0.39, 0.29) is 11.3 Å². The van der Waals surface area contributed by atoms with Crippen LogP contribution in [0.2, 0.25) is 0 Å². The van der Waals surface area contributed by atoms with Crippen LogP contribution in [0.15, 0.2) is 52.3 Å². The molecule has 0 aliphatic carbocycles. The number of ether oxygens (including phenoxy) is 2.